The maximum atomic E-state index is 4.54. The summed E-state index contributed by atoms with van der Waals surface area (Å²) in [6.45, 7) is 4.39. The lowest BCUT2D eigenvalue weighted by atomic mass is 10.0. The molecule has 0 radical (unpaired) electrons. The van der Waals surface area contributed by atoms with Crippen LogP contribution in [-0.4, -0.2) is 15.0 Å². The molecule has 86 valence electrons. The minimum Gasteiger partial charge on any atom is -0.337 e. The van der Waals surface area contributed by atoms with E-state index in [4.69, 9.17) is 0 Å². The smallest absolute Gasteiger partial charge is 0.158 e. The summed E-state index contributed by atoms with van der Waals surface area (Å²) in [5.74, 6) is 1.38. The van der Waals surface area contributed by atoms with Gasteiger partial charge in [-0.05, 0) is 23.6 Å². The molecule has 1 N–H and O–H groups in total. The van der Waals surface area contributed by atoms with Crippen LogP contribution in [0.25, 0.3) is 22.6 Å². The Morgan fingerprint density at radius 1 is 1.29 bits per heavy atom. The van der Waals surface area contributed by atoms with E-state index < -0.39 is 0 Å². The normalized spacial score (nSPS) is 11.5. The number of H-pyrrole nitrogens is 1. The molecular weight excluding hydrogens is 230 g/mol. The van der Waals surface area contributed by atoms with Gasteiger partial charge in [-0.1, -0.05) is 19.9 Å². The third-order valence-electron chi connectivity index (χ3n) is 2.85. The second-order valence-electron chi connectivity index (χ2n) is 4.39. The predicted molar refractivity (Wildman–Crippen MR) is 71.3 cm³/mol. The number of hydrogen-bond donors (Lipinski definition) is 1. The highest BCUT2D eigenvalue weighted by molar-refractivity contribution is 7.07. The molecule has 0 saturated heterocycles. The quantitative estimate of drug-likeness (QED) is 0.743. The molecule has 0 aliphatic heterocycles. The summed E-state index contributed by atoms with van der Waals surface area (Å²) in [5.41, 5.74) is 6.14. The van der Waals surface area contributed by atoms with Crippen LogP contribution in [0, 0.1) is 0 Å². The highest BCUT2D eigenvalue weighted by Crippen LogP contribution is 2.23. The van der Waals surface area contributed by atoms with Crippen molar-refractivity contribution in [2.75, 3.05) is 0 Å². The Labute approximate surface area is 104 Å². The molecule has 0 amide bonds. The molecule has 4 heteroatoms. The molecule has 2 heterocycles. The van der Waals surface area contributed by atoms with E-state index in [0.717, 1.165) is 22.6 Å². The van der Waals surface area contributed by atoms with E-state index in [1.807, 2.05) is 10.9 Å². The third kappa shape index (κ3) is 1.85. The number of hydrogen-bond acceptors (Lipinski definition) is 3. The fourth-order valence-electron chi connectivity index (χ4n) is 1.84. The van der Waals surface area contributed by atoms with Crippen molar-refractivity contribution in [1.82, 2.24) is 15.0 Å². The van der Waals surface area contributed by atoms with Crippen LogP contribution in [-0.2, 0) is 0 Å². The zero-order valence-corrected chi connectivity index (χ0v) is 10.6. The number of aromatic amines is 1. The molecule has 2 aromatic heterocycles. The summed E-state index contributed by atoms with van der Waals surface area (Å²) in [6.07, 6.45) is 0. The van der Waals surface area contributed by atoms with Crippen molar-refractivity contribution in [3.05, 3.63) is 34.7 Å². The van der Waals surface area contributed by atoms with Gasteiger partial charge in [-0.3, -0.25) is 0 Å². The first kappa shape index (κ1) is 10.5. The first-order valence-corrected chi connectivity index (χ1v) is 6.56. The predicted octanol–water partition coefficient (Wildman–Crippen LogP) is 3.81. The molecule has 3 rings (SSSR count). The molecule has 1 aromatic carbocycles. The van der Waals surface area contributed by atoms with Gasteiger partial charge in [0.1, 0.15) is 5.69 Å². The summed E-state index contributed by atoms with van der Waals surface area (Å²) < 4.78 is 0. The second kappa shape index (κ2) is 3.96. The molecule has 3 aromatic rings. The average Bonchev–Trinajstić information content (AvgIpc) is 2.96. The molecule has 0 fully saturated rings. The van der Waals surface area contributed by atoms with Crippen LogP contribution in [0.1, 0.15) is 25.3 Å². The van der Waals surface area contributed by atoms with Crippen LogP contribution < -0.4 is 0 Å². The Hall–Kier alpha value is -1.68. The van der Waals surface area contributed by atoms with Crippen LogP contribution >= 0.6 is 11.3 Å². The van der Waals surface area contributed by atoms with Crippen LogP contribution in [0.2, 0.25) is 0 Å². The topological polar surface area (TPSA) is 41.6 Å². The van der Waals surface area contributed by atoms with Gasteiger partial charge in [0.05, 0.1) is 16.5 Å². The summed E-state index contributed by atoms with van der Waals surface area (Å²) >= 11 is 1.58. The van der Waals surface area contributed by atoms with Crippen LogP contribution in [0.5, 0.6) is 0 Å². The van der Waals surface area contributed by atoms with Gasteiger partial charge in [-0.2, -0.15) is 0 Å². The molecule has 3 nitrogen and oxygen atoms in total. The monoisotopic (exact) mass is 243 g/mol. The molecule has 0 aliphatic rings. The number of imidazole rings is 1. The minimum atomic E-state index is 0.533. The lowest BCUT2D eigenvalue weighted by Gasteiger charge is -2.03. The summed E-state index contributed by atoms with van der Waals surface area (Å²) in [5, 5.41) is 2.00. The Morgan fingerprint density at radius 3 is 2.88 bits per heavy atom. The van der Waals surface area contributed by atoms with Crippen molar-refractivity contribution < 1.29 is 0 Å². The summed E-state index contributed by atoms with van der Waals surface area (Å²) in [7, 11) is 0. The van der Waals surface area contributed by atoms with Crippen molar-refractivity contribution >= 4 is 22.4 Å². The molecule has 0 unspecified atom stereocenters. The zero-order valence-electron chi connectivity index (χ0n) is 9.77. The number of nitrogens with zero attached hydrogens (tertiary/aromatic N) is 2. The Balaban J connectivity index is 2.13. The molecular formula is C13H13N3S. The number of thiazole rings is 1. The van der Waals surface area contributed by atoms with E-state index in [2.05, 4.69) is 47.0 Å². The highest BCUT2D eigenvalue weighted by Gasteiger charge is 2.08. The fourth-order valence-corrected chi connectivity index (χ4v) is 2.37. The van der Waals surface area contributed by atoms with E-state index >= 15 is 0 Å². The maximum absolute atomic E-state index is 4.54. The van der Waals surface area contributed by atoms with Gasteiger partial charge in [-0.15, -0.1) is 11.3 Å². The Bertz CT molecular complexity index is 638. The van der Waals surface area contributed by atoms with Crippen molar-refractivity contribution in [2.45, 2.75) is 19.8 Å². The number of rotatable bonds is 2. The van der Waals surface area contributed by atoms with Crippen molar-refractivity contribution in [3.63, 3.8) is 0 Å². The highest BCUT2D eigenvalue weighted by atomic mass is 32.1. The van der Waals surface area contributed by atoms with Gasteiger partial charge < -0.3 is 4.98 Å². The first-order valence-electron chi connectivity index (χ1n) is 5.62. The standard InChI is InChI=1S/C13H13N3S/c1-8(2)9-3-4-10-11(5-9)16-13(15-10)12-6-17-7-14-12/h3-8H,1-2H3,(H,15,16). The lowest BCUT2D eigenvalue weighted by Crippen LogP contribution is -1.85. The van der Waals surface area contributed by atoms with Crippen LogP contribution in [0.15, 0.2) is 29.1 Å². The van der Waals surface area contributed by atoms with Gasteiger partial charge in [0.25, 0.3) is 0 Å². The third-order valence-corrected chi connectivity index (χ3v) is 3.43. The van der Waals surface area contributed by atoms with Gasteiger partial charge in [0.2, 0.25) is 0 Å². The van der Waals surface area contributed by atoms with Crippen molar-refractivity contribution in [3.8, 4) is 11.5 Å². The van der Waals surface area contributed by atoms with Gasteiger partial charge in [0, 0.05) is 5.38 Å². The molecule has 0 atom stereocenters. The summed E-state index contributed by atoms with van der Waals surface area (Å²) in [6, 6.07) is 6.37. The fraction of sp³-hybridized carbons (Fsp3) is 0.231. The lowest BCUT2D eigenvalue weighted by molar-refractivity contribution is 0.868. The van der Waals surface area contributed by atoms with Crippen LogP contribution in [0.3, 0.4) is 0 Å². The van der Waals surface area contributed by atoms with Crippen LogP contribution in [0.4, 0.5) is 0 Å². The van der Waals surface area contributed by atoms with Gasteiger partial charge >= 0.3 is 0 Å². The number of benzene rings is 1. The molecule has 0 saturated carbocycles. The molecule has 0 spiro atoms. The van der Waals surface area contributed by atoms with Gasteiger partial charge in [-0.25, -0.2) is 9.97 Å². The number of nitrogens with one attached hydrogen (secondary N) is 1. The summed E-state index contributed by atoms with van der Waals surface area (Å²) in [4.78, 5) is 12.1. The number of fused-ring (bicyclic) bond motifs is 1. The van der Waals surface area contributed by atoms with Crippen molar-refractivity contribution in [2.24, 2.45) is 0 Å². The Kier molecular flexibility index (Phi) is 2.44. The van der Waals surface area contributed by atoms with E-state index in [0.29, 0.717) is 5.92 Å². The molecule has 0 aliphatic carbocycles. The SMILES string of the molecule is CC(C)c1ccc2nc(-c3cscn3)[nH]c2c1. The molecule has 0 bridgehead atoms. The van der Waals surface area contributed by atoms with Gasteiger partial charge in [0.15, 0.2) is 5.82 Å². The van der Waals surface area contributed by atoms with E-state index in [1.165, 1.54) is 5.56 Å². The average molecular weight is 243 g/mol. The zero-order chi connectivity index (χ0) is 11.8. The van der Waals surface area contributed by atoms with Crippen molar-refractivity contribution in [1.29, 1.82) is 0 Å². The second-order valence-corrected chi connectivity index (χ2v) is 5.11. The van der Waals surface area contributed by atoms with E-state index in [1.54, 1.807) is 11.3 Å². The number of aromatic nitrogens is 3. The van der Waals surface area contributed by atoms with E-state index in [-0.39, 0.29) is 0 Å². The first-order chi connectivity index (χ1) is 8.24. The largest absolute Gasteiger partial charge is 0.337 e. The maximum Gasteiger partial charge on any atom is 0.158 e. The molecule has 17 heavy (non-hydrogen) atoms. The Morgan fingerprint density at radius 2 is 2.18 bits per heavy atom. The van der Waals surface area contributed by atoms with E-state index in [9.17, 15) is 0 Å². The minimum absolute atomic E-state index is 0.533.